The zero-order valence-corrected chi connectivity index (χ0v) is 8.40. The van der Waals surface area contributed by atoms with Gasteiger partial charge in [0, 0.05) is 6.42 Å². The van der Waals surface area contributed by atoms with Crippen LogP contribution >= 0.6 is 0 Å². The molecule has 0 heterocycles. The van der Waals surface area contributed by atoms with Crippen LogP contribution in [-0.4, -0.2) is 39.0 Å². The van der Waals surface area contributed by atoms with Gasteiger partial charge in [-0.1, -0.05) is 5.16 Å². The second kappa shape index (κ2) is 6.88. The van der Waals surface area contributed by atoms with Crippen molar-refractivity contribution in [3.63, 3.8) is 0 Å². The molecule has 6 heteroatoms. The van der Waals surface area contributed by atoms with E-state index >= 15 is 0 Å². The maximum absolute atomic E-state index is 11.0. The molecule has 0 radical (unpaired) electrons. The van der Waals surface area contributed by atoms with Crippen LogP contribution in [0.25, 0.3) is 0 Å². The lowest BCUT2D eigenvalue weighted by Gasteiger charge is -2.02. The molecule has 0 saturated carbocycles. The molecule has 0 atom stereocenters. The van der Waals surface area contributed by atoms with Crippen LogP contribution in [0.15, 0.2) is 5.16 Å². The average molecular weight is 203 g/mol. The molecule has 6 nitrogen and oxygen atoms in total. The standard InChI is InChI=1S/C8H13NO5/c1-12-7(10)5-4-6(9-14-3)8(11)13-2/h4-5H2,1-3H3/b9-6-. The van der Waals surface area contributed by atoms with Crippen molar-refractivity contribution in [3.05, 3.63) is 0 Å². The van der Waals surface area contributed by atoms with E-state index in [1.165, 1.54) is 21.3 Å². The molecule has 0 spiro atoms. The number of oxime groups is 1. The summed E-state index contributed by atoms with van der Waals surface area (Å²) in [4.78, 5) is 26.2. The molecule has 0 aromatic carbocycles. The largest absolute Gasteiger partial charge is 0.469 e. The Morgan fingerprint density at radius 3 is 2.14 bits per heavy atom. The Hall–Kier alpha value is -1.59. The van der Waals surface area contributed by atoms with Gasteiger partial charge in [0.15, 0.2) is 5.71 Å². The summed E-state index contributed by atoms with van der Waals surface area (Å²) < 4.78 is 8.83. The predicted molar refractivity (Wildman–Crippen MR) is 47.7 cm³/mol. The van der Waals surface area contributed by atoms with E-state index in [9.17, 15) is 9.59 Å². The van der Waals surface area contributed by atoms with Gasteiger partial charge in [0.1, 0.15) is 7.11 Å². The summed E-state index contributed by atoms with van der Waals surface area (Å²) in [5.74, 6) is -1.03. The molecule has 0 aliphatic rings. The number of hydrogen-bond acceptors (Lipinski definition) is 6. The smallest absolute Gasteiger partial charge is 0.355 e. The molecule has 14 heavy (non-hydrogen) atoms. The molecule has 0 bridgehead atoms. The van der Waals surface area contributed by atoms with Gasteiger partial charge >= 0.3 is 11.9 Å². The Morgan fingerprint density at radius 1 is 1.07 bits per heavy atom. The first-order chi connectivity index (χ1) is 6.65. The van der Waals surface area contributed by atoms with Gasteiger partial charge in [-0.25, -0.2) is 4.79 Å². The van der Waals surface area contributed by atoms with Crippen molar-refractivity contribution in [1.29, 1.82) is 0 Å². The van der Waals surface area contributed by atoms with Gasteiger partial charge in [-0.2, -0.15) is 0 Å². The van der Waals surface area contributed by atoms with E-state index in [0.29, 0.717) is 0 Å². The molecule has 0 aromatic heterocycles. The third-order valence-corrected chi connectivity index (χ3v) is 1.42. The number of rotatable bonds is 5. The lowest BCUT2D eigenvalue weighted by Crippen LogP contribution is -2.17. The molecule has 0 N–H and O–H groups in total. The van der Waals surface area contributed by atoms with Gasteiger partial charge in [-0.3, -0.25) is 4.79 Å². The second-order valence-corrected chi connectivity index (χ2v) is 2.29. The molecule has 80 valence electrons. The number of esters is 2. The van der Waals surface area contributed by atoms with Gasteiger partial charge in [-0.05, 0) is 0 Å². The van der Waals surface area contributed by atoms with Crippen LogP contribution in [-0.2, 0) is 23.9 Å². The van der Waals surface area contributed by atoms with E-state index in [1.807, 2.05) is 0 Å². The lowest BCUT2D eigenvalue weighted by atomic mass is 10.2. The van der Waals surface area contributed by atoms with Crippen molar-refractivity contribution < 1.29 is 23.9 Å². The number of carbonyl (C=O) groups is 2. The molecule has 0 aliphatic carbocycles. The average Bonchev–Trinajstić information content (AvgIpc) is 2.22. The van der Waals surface area contributed by atoms with Crippen molar-refractivity contribution in [1.82, 2.24) is 0 Å². The molecule has 0 fully saturated rings. The summed E-state index contributed by atoms with van der Waals surface area (Å²) in [6.07, 6.45) is 0.195. The summed E-state index contributed by atoms with van der Waals surface area (Å²) in [6.45, 7) is 0. The predicted octanol–water partition coefficient (Wildman–Crippen LogP) is 0.115. The van der Waals surface area contributed by atoms with Crippen molar-refractivity contribution in [2.45, 2.75) is 12.8 Å². The van der Waals surface area contributed by atoms with Crippen molar-refractivity contribution >= 4 is 17.7 Å². The summed E-state index contributed by atoms with van der Waals surface area (Å²) in [6, 6.07) is 0. The molecular weight excluding hydrogens is 190 g/mol. The fourth-order valence-electron chi connectivity index (χ4n) is 0.736. The second-order valence-electron chi connectivity index (χ2n) is 2.29. The first kappa shape index (κ1) is 12.4. The van der Waals surface area contributed by atoms with Crippen LogP contribution in [0.3, 0.4) is 0 Å². The van der Waals surface area contributed by atoms with Crippen LogP contribution in [0.5, 0.6) is 0 Å². The van der Waals surface area contributed by atoms with Crippen molar-refractivity contribution in [2.75, 3.05) is 21.3 Å². The van der Waals surface area contributed by atoms with E-state index in [-0.39, 0.29) is 18.6 Å². The highest BCUT2D eigenvalue weighted by Crippen LogP contribution is 1.98. The fraction of sp³-hybridized carbons (Fsp3) is 0.625. The van der Waals surface area contributed by atoms with Gasteiger partial charge < -0.3 is 14.3 Å². The van der Waals surface area contributed by atoms with Gasteiger partial charge in [0.05, 0.1) is 20.6 Å². The number of nitrogens with zero attached hydrogens (tertiary/aromatic N) is 1. The van der Waals surface area contributed by atoms with E-state index in [4.69, 9.17) is 0 Å². The Bertz CT molecular complexity index is 236. The number of carbonyl (C=O) groups excluding carboxylic acids is 2. The first-order valence-electron chi connectivity index (χ1n) is 3.90. The maximum atomic E-state index is 11.0. The van der Waals surface area contributed by atoms with E-state index in [2.05, 4.69) is 19.5 Å². The molecular formula is C8H13NO5. The topological polar surface area (TPSA) is 74.2 Å². The molecule has 0 saturated heterocycles. The zero-order valence-electron chi connectivity index (χ0n) is 8.40. The Morgan fingerprint density at radius 2 is 1.71 bits per heavy atom. The van der Waals surface area contributed by atoms with Crippen LogP contribution in [0.4, 0.5) is 0 Å². The highest BCUT2D eigenvalue weighted by molar-refractivity contribution is 6.36. The summed E-state index contributed by atoms with van der Waals surface area (Å²) in [7, 11) is 3.81. The summed E-state index contributed by atoms with van der Waals surface area (Å²) in [5, 5.41) is 3.44. The highest BCUT2D eigenvalue weighted by atomic mass is 16.6. The Labute approximate surface area is 81.8 Å². The minimum atomic E-state index is -0.615. The highest BCUT2D eigenvalue weighted by Gasteiger charge is 2.14. The van der Waals surface area contributed by atoms with Gasteiger partial charge in [0.25, 0.3) is 0 Å². The molecule has 0 aromatic rings. The van der Waals surface area contributed by atoms with Crippen LogP contribution in [0.1, 0.15) is 12.8 Å². The third-order valence-electron chi connectivity index (χ3n) is 1.42. The van der Waals surface area contributed by atoms with Crippen LogP contribution in [0.2, 0.25) is 0 Å². The number of ether oxygens (including phenoxy) is 2. The molecule has 0 unspecified atom stereocenters. The molecule has 0 aliphatic heterocycles. The van der Waals surface area contributed by atoms with Crippen LogP contribution in [0, 0.1) is 0 Å². The van der Waals surface area contributed by atoms with Crippen molar-refractivity contribution in [2.24, 2.45) is 5.16 Å². The monoisotopic (exact) mass is 203 g/mol. The quantitative estimate of drug-likeness (QED) is 0.360. The first-order valence-corrected chi connectivity index (χ1v) is 3.90. The maximum Gasteiger partial charge on any atom is 0.355 e. The number of hydrogen-bond donors (Lipinski definition) is 0. The number of methoxy groups -OCH3 is 2. The van der Waals surface area contributed by atoms with E-state index in [0.717, 1.165) is 0 Å². The van der Waals surface area contributed by atoms with Crippen LogP contribution < -0.4 is 0 Å². The Kier molecular flexibility index (Phi) is 6.09. The van der Waals surface area contributed by atoms with Gasteiger partial charge in [-0.15, -0.1) is 0 Å². The van der Waals surface area contributed by atoms with Gasteiger partial charge in [0.2, 0.25) is 0 Å². The SMILES string of the molecule is CO/N=C(/CCC(=O)OC)C(=O)OC. The summed E-state index contributed by atoms with van der Waals surface area (Å²) >= 11 is 0. The zero-order chi connectivity index (χ0) is 11.0. The molecule has 0 rings (SSSR count). The third kappa shape index (κ3) is 4.44. The lowest BCUT2D eigenvalue weighted by molar-refractivity contribution is -0.140. The van der Waals surface area contributed by atoms with E-state index < -0.39 is 11.9 Å². The summed E-state index contributed by atoms with van der Waals surface area (Å²) in [5.41, 5.74) is 0.0559. The van der Waals surface area contributed by atoms with Crippen molar-refractivity contribution in [3.8, 4) is 0 Å². The minimum absolute atomic E-state index is 0.0559. The molecule has 0 amide bonds. The fourth-order valence-corrected chi connectivity index (χ4v) is 0.736. The Balaban J connectivity index is 4.18. The van der Waals surface area contributed by atoms with E-state index in [1.54, 1.807) is 0 Å². The minimum Gasteiger partial charge on any atom is -0.469 e. The normalized spacial score (nSPS) is 10.6.